The van der Waals surface area contributed by atoms with E-state index in [-0.39, 0.29) is 0 Å². The van der Waals surface area contributed by atoms with Crippen molar-refractivity contribution in [3.63, 3.8) is 0 Å². The van der Waals surface area contributed by atoms with Crippen molar-refractivity contribution in [1.82, 2.24) is 0 Å². The van der Waals surface area contributed by atoms with Crippen molar-refractivity contribution in [1.29, 1.82) is 0 Å². The van der Waals surface area contributed by atoms with Gasteiger partial charge in [0.25, 0.3) is 0 Å². The molecule has 2 aliphatic carbocycles. The second kappa shape index (κ2) is 2.44. The lowest BCUT2D eigenvalue weighted by molar-refractivity contribution is -0.133. The van der Waals surface area contributed by atoms with Crippen LogP contribution in [0.1, 0.15) is 0 Å². The van der Waals surface area contributed by atoms with E-state index >= 15 is 0 Å². The van der Waals surface area contributed by atoms with Gasteiger partial charge in [-0.2, -0.15) is 0 Å². The highest BCUT2D eigenvalue weighted by molar-refractivity contribution is 5.93. The number of fused-ring (bicyclic) bond motifs is 1. The Bertz CT molecular complexity index is 421. The second-order valence-corrected chi connectivity index (χ2v) is 3.51. The molecule has 2 rings (SSSR count). The van der Waals surface area contributed by atoms with Gasteiger partial charge in [0, 0.05) is 0 Å². The number of carboxylic acids is 1. The van der Waals surface area contributed by atoms with E-state index in [1.165, 1.54) is 0 Å². The van der Waals surface area contributed by atoms with Crippen molar-refractivity contribution < 1.29 is 35.4 Å². The van der Waals surface area contributed by atoms with Gasteiger partial charge in [-0.1, -0.05) is 0 Å². The summed E-state index contributed by atoms with van der Waals surface area (Å²) in [4.78, 5) is 10.6. The molecule has 0 spiro atoms. The maximum Gasteiger partial charge on any atom is 0.343 e. The van der Waals surface area contributed by atoms with Crippen molar-refractivity contribution in [2.75, 3.05) is 0 Å². The first-order chi connectivity index (χ1) is 6.83. The fourth-order valence-electron chi connectivity index (χ4n) is 1.80. The zero-order chi connectivity index (χ0) is 11.5. The summed E-state index contributed by atoms with van der Waals surface area (Å²) in [7, 11) is 0. The third kappa shape index (κ3) is 0.884. The molecule has 0 aromatic heterocycles. The lowest BCUT2D eigenvalue weighted by Crippen LogP contribution is -2.26. The third-order valence-electron chi connectivity index (χ3n) is 2.74. The molecule has 7 nitrogen and oxygen atoms in total. The van der Waals surface area contributed by atoms with Crippen molar-refractivity contribution in [3.8, 4) is 0 Å². The molecule has 0 aromatic rings. The number of aliphatic hydroxyl groups is 5. The van der Waals surface area contributed by atoms with Gasteiger partial charge in [-0.05, 0) is 0 Å². The number of aliphatic carboxylic acids is 1. The van der Waals surface area contributed by atoms with Crippen LogP contribution >= 0.6 is 0 Å². The van der Waals surface area contributed by atoms with Gasteiger partial charge in [0.1, 0.15) is 17.4 Å². The molecule has 82 valence electrons. The summed E-state index contributed by atoms with van der Waals surface area (Å²) in [6, 6.07) is 0. The molecule has 0 bridgehead atoms. The third-order valence-corrected chi connectivity index (χ3v) is 2.74. The van der Waals surface area contributed by atoms with E-state index < -0.39 is 46.4 Å². The predicted octanol–water partition coefficient (Wildman–Crippen LogP) is -1.05. The Morgan fingerprint density at radius 2 is 1.80 bits per heavy atom. The molecule has 2 unspecified atom stereocenters. The molecular formula is C8H8O7. The standard InChI is InChI=1S/C8H8O7/c9-3-1(7(13)14)4(10)6(12)8(15)2(3)5(8)11/h2,5,9-12,15H,(H,13,14)/t2-,5?,8?/m0/s1. The summed E-state index contributed by atoms with van der Waals surface area (Å²) < 4.78 is 0. The fourth-order valence-corrected chi connectivity index (χ4v) is 1.80. The van der Waals surface area contributed by atoms with Crippen LogP contribution in [-0.4, -0.2) is 48.3 Å². The molecule has 0 heterocycles. The highest BCUT2D eigenvalue weighted by Crippen LogP contribution is 2.56. The van der Waals surface area contributed by atoms with Crippen LogP contribution in [0, 0.1) is 5.92 Å². The molecule has 15 heavy (non-hydrogen) atoms. The number of hydrogen-bond acceptors (Lipinski definition) is 6. The Balaban J connectivity index is 2.61. The maximum atomic E-state index is 10.6. The highest BCUT2D eigenvalue weighted by Gasteiger charge is 2.73. The van der Waals surface area contributed by atoms with Crippen molar-refractivity contribution >= 4 is 5.97 Å². The Morgan fingerprint density at radius 1 is 1.27 bits per heavy atom. The minimum absolute atomic E-state index is 0.840. The SMILES string of the molecule is O=C(O)C1=C(O)[C@H]2C(O)C2(O)C(O)=C1O. The Morgan fingerprint density at radius 3 is 2.27 bits per heavy atom. The van der Waals surface area contributed by atoms with Crippen molar-refractivity contribution in [2.24, 2.45) is 5.92 Å². The van der Waals surface area contributed by atoms with E-state index in [4.69, 9.17) is 5.11 Å². The van der Waals surface area contributed by atoms with Crippen LogP contribution in [0.15, 0.2) is 22.9 Å². The molecule has 1 saturated carbocycles. The minimum Gasteiger partial charge on any atom is -0.511 e. The molecule has 1 fully saturated rings. The predicted molar refractivity (Wildman–Crippen MR) is 44.0 cm³/mol. The van der Waals surface area contributed by atoms with E-state index in [0.29, 0.717) is 0 Å². The molecule has 3 atom stereocenters. The first-order valence-electron chi connectivity index (χ1n) is 4.03. The van der Waals surface area contributed by atoms with Gasteiger partial charge in [0.15, 0.2) is 17.1 Å². The van der Waals surface area contributed by atoms with Gasteiger partial charge in [-0.15, -0.1) is 0 Å². The molecule has 0 radical (unpaired) electrons. The molecule has 0 amide bonds. The molecule has 0 saturated heterocycles. The first kappa shape index (κ1) is 9.81. The molecule has 0 aromatic carbocycles. The van der Waals surface area contributed by atoms with Gasteiger partial charge in [-0.3, -0.25) is 0 Å². The molecule has 2 aliphatic rings. The van der Waals surface area contributed by atoms with E-state index in [1.807, 2.05) is 0 Å². The van der Waals surface area contributed by atoms with Gasteiger partial charge in [0.05, 0.1) is 5.92 Å². The van der Waals surface area contributed by atoms with Crippen molar-refractivity contribution in [2.45, 2.75) is 11.7 Å². The summed E-state index contributed by atoms with van der Waals surface area (Å²) in [6.07, 6.45) is -1.52. The van der Waals surface area contributed by atoms with Crippen LogP contribution in [-0.2, 0) is 4.79 Å². The second-order valence-electron chi connectivity index (χ2n) is 3.51. The zero-order valence-electron chi connectivity index (χ0n) is 7.25. The average molecular weight is 216 g/mol. The van der Waals surface area contributed by atoms with Gasteiger partial charge in [-0.25, -0.2) is 4.79 Å². The van der Waals surface area contributed by atoms with E-state index in [9.17, 15) is 30.3 Å². The number of hydrogen-bond donors (Lipinski definition) is 6. The first-order valence-corrected chi connectivity index (χ1v) is 4.03. The lowest BCUT2D eigenvalue weighted by Gasteiger charge is -2.17. The summed E-state index contributed by atoms with van der Waals surface area (Å²) in [5, 5.41) is 55.2. The van der Waals surface area contributed by atoms with Crippen LogP contribution < -0.4 is 0 Å². The van der Waals surface area contributed by atoms with E-state index in [0.717, 1.165) is 0 Å². The molecule has 6 N–H and O–H groups in total. The summed E-state index contributed by atoms with van der Waals surface area (Å²) in [6.45, 7) is 0. The number of rotatable bonds is 1. The van der Waals surface area contributed by atoms with Crippen LogP contribution in [0.25, 0.3) is 0 Å². The quantitative estimate of drug-likeness (QED) is 0.328. The summed E-state index contributed by atoms with van der Waals surface area (Å²) in [5.74, 6) is -5.95. The zero-order valence-corrected chi connectivity index (χ0v) is 7.25. The van der Waals surface area contributed by atoms with Gasteiger partial charge >= 0.3 is 5.97 Å². The van der Waals surface area contributed by atoms with Crippen molar-refractivity contribution in [3.05, 3.63) is 22.9 Å². The fraction of sp³-hybridized carbons (Fsp3) is 0.375. The average Bonchev–Trinajstić information content (AvgIpc) is 2.68. The highest BCUT2D eigenvalue weighted by atomic mass is 16.4. The monoisotopic (exact) mass is 216 g/mol. The van der Waals surface area contributed by atoms with Gasteiger partial charge in [0.2, 0.25) is 0 Å². The maximum absolute atomic E-state index is 10.6. The number of carbonyl (C=O) groups is 1. The Labute approximate surface area is 82.8 Å². The Kier molecular flexibility index (Phi) is 1.60. The van der Waals surface area contributed by atoms with Gasteiger partial charge < -0.3 is 30.6 Å². The normalized spacial score (nSPS) is 39.1. The molecule has 7 heteroatoms. The van der Waals surface area contributed by atoms with E-state index in [2.05, 4.69) is 0 Å². The van der Waals surface area contributed by atoms with E-state index in [1.54, 1.807) is 0 Å². The Hall–Kier alpha value is -1.73. The topological polar surface area (TPSA) is 138 Å². The summed E-state index contributed by atoms with van der Waals surface area (Å²) >= 11 is 0. The van der Waals surface area contributed by atoms with Crippen LogP contribution in [0.2, 0.25) is 0 Å². The number of carboxylic acid groups (broad SMARTS) is 1. The molecule has 0 aliphatic heterocycles. The van der Waals surface area contributed by atoms with Crippen LogP contribution in [0.4, 0.5) is 0 Å². The largest absolute Gasteiger partial charge is 0.511 e. The lowest BCUT2D eigenvalue weighted by atomic mass is 9.99. The minimum atomic E-state index is -2.16. The van der Waals surface area contributed by atoms with Crippen LogP contribution in [0.5, 0.6) is 0 Å². The summed E-state index contributed by atoms with van der Waals surface area (Å²) in [5.41, 5.74) is -3.06. The smallest absolute Gasteiger partial charge is 0.343 e. The molecular weight excluding hydrogens is 208 g/mol. The number of aliphatic hydroxyl groups excluding tert-OH is 4. The van der Waals surface area contributed by atoms with Crippen LogP contribution in [0.3, 0.4) is 0 Å².